The van der Waals surface area contributed by atoms with Crippen LogP contribution in [-0.4, -0.2) is 17.1 Å². The van der Waals surface area contributed by atoms with E-state index >= 15 is 0 Å². The summed E-state index contributed by atoms with van der Waals surface area (Å²) in [7, 11) is 0. The molecule has 0 fully saturated rings. The second-order valence-electron chi connectivity index (χ2n) is 7.74. The molecule has 0 aromatic heterocycles. The van der Waals surface area contributed by atoms with Crippen LogP contribution in [0, 0.1) is 6.92 Å². The number of anilines is 2. The van der Waals surface area contributed by atoms with Crippen LogP contribution in [-0.2, 0) is 15.0 Å². The highest BCUT2D eigenvalue weighted by Gasteiger charge is 2.19. The van der Waals surface area contributed by atoms with Crippen molar-refractivity contribution >= 4 is 35.0 Å². The zero-order valence-electron chi connectivity index (χ0n) is 16.8. The van der Waals surface area contributed by atoms with Crippen LogP contribution in [0.15, 0.2) is 47.4 Å². The van der Waals surface area contributed by atoms with Crippen molar-refractivity contribution < 1.29 is 9.59 Å². The van der Waals surface area contributed by atoms with Crippen molar-refractivity contribution in [3.8, 4) is 0 Å². The van der Waals surface area contributed by atoms with E-state index in [0.29, 0.717) is 11.4 Å². The minimum absolute atomic E-state index is 0.0483. The van der Waals surface area contributed by atoms with Crippen LogP contribution in [0.2, 0.25) is 0 Å². The van der Waals surface area contributed by atoms with Crippen molar-refractivity contribution in [3.63, 3.8) is 0 Å². The quantitative estimate of drug-likeness (QED) is 0.681. The van der Waals surface area contributed by atoms with Gasteiger partial charge in [0.2, 0.25) is 11.8 Å². The van der Waals surface area contributed by atoms with Crippen LogP contribution < -0.4 is 10.6 Å². The van der Waals surface area contributed by atoms with Gasteiger partial charge in [-0.2, -0.15) is 0 Å². The largest absolute Gasteiger partial charge is 0.326 e. The topological polar surface area (TPSA) is 58.2 Å². The third-order valence-electron chi connectivity index (χ3n) is 4.20. The molecular formula is C22H28N2O2S. The number of aryl methyl sites for hydroxylation is 1. The maximum atomic E-state index is 12.6. The molecule has 27 heavy (non-hydrogen) atoms. The van der Waals surface area contributed by atoms with E-state index in [2.05, 4.69) is 56.5 Å². The van der Waals surface area contributed by atoms with Crippen molar-refractivity contribution in [1.82, 2.24) is 0 Å². The summed E-state index contributed by atoms with van der Waals surface area (Å²) in [6.07, 6.45) is 0. The molecule has 2 rings (SSSR count). The molecule has 0 radical (unpaired) electrons. The van der Waals surface area contributed by atoms with Crippen LogP contribution in [0.1, 0.15) is 45.7 Å². The average Bonchev–Trinajstić information content (AvgIpc) is 2.57. The molecule has 2 aromatic rings. The standard InChI is InChI=1S/C22H28N2O2S/c1-14-7-8-17(22(4,5)6)13-20(14)27-15(2)21(26)24-19-11-9-18(10-12-19)23-16(3)25/h7-13,15H,1-6H3,(H,23,25)(H,24,26)/t15-/m1/s1. The predicted molar refractivity (Wildman–Crippen MR) is 115 cm³/mol. The van der Waals surface area contributed by atoms with Gasteiger partial charge in [-0.25, -0.2) is 0 Å². The average molecular weight is 385 g/mol. The number of carbonyl (C=O) groups excluding carboxylic acids is 2. The van der Waals surface area contributed by atoms with Crippen molar-refractivity contribution in [2.45, 2.75) is 57.1 Å². The van der Waals surface area contributed by atoms with Gasteiger partial charge in [-0.15, -0.1) is 11.8 Å². The highest BCUT2D eigenvalue weighted by atomic mass is 32.2. The molecule has 0 unspecified atom stereocenters. The molecule has 2 amide bonds. The van der Waals surface area contributed by atoms with Gasteiger partial charge in [-0.05, 0) is 60.7 Å². The molecule has 0 aliphatic heterocycles. The van der Waals surface area contributed by atoms with E-state index in [1.165, 1.54) is 18.1 Å². The Morgan fingerprint density at radius 3 is 2.04 bits per heavy atom. The summed E-state index contributed by atoms with van der Waals surface area (Å²) in [5.74, 6) is -0.169. The first-order valence-corrected chi connectivity index (χ1v) is 9.90. The third kappa shape index (κ3) is 6.14. The third-order valence-corrected chi connectivity index (χ3v) is 5.46. The molecule has 0 saturated heterocycles. The minimum atomic E-state index is -0.228. The smallest absolute Gasteiger partial charge is 0.237 e. The lowest BCUT2D eigenvalue weighted by atomic mass is 9.87. The molecule has 0 bridgehead atoms. The Morgan fingerprint density at radius 1 is 0.963 bits per heavy atom. The van der Waals surface area contributed by atoms with E-state index in [9.17, 15) is 9.59 Å². The summed E-state index contributed by atoms with van der Waals surface area (Å²) >= 11 is 1.57. The van der Waals surface area contributed by atoms with Crippen molar-refractivity contribution in [2.75, 3.05) is 10.6 Å². The number of carbonyl (C=O) groups is 2. The first-order valence-electron chi connectivity index (χ1n) is 9.02. The van der Waals surface area contributed by atoms with Crippen LogP contribution >= 0.6 is 11.8 Å². The van der Waals surface area contributed by atoms with Gasteiger partial charge in [0, 0.05) is 23.2 Å². The fourth-order valence-corrected chi connectivity index (χ4v) is 3.52. The van der Waals surface area contributed by atoms with E-state index in [1.807, 2.05) is 6.92 Å². The Balaban J connectivity index is 2.04. The van der Waals surface area contributed by atoms with Gasteiger partial charge in [0.15, 0.2) is 0 Å². The van der Waals surface area contributed by atoms with Gasteiger partial charge in [0.1, 0.15) is 0 Å². The molecule has 1 atom stereocenters. The number of hydrogen-bond donors (Lipinski definition) is 2. The molecule has 0 heterocycles. The summed E-state index contributed by atoms with van der Waals surface area (Å²) in [5.41, 5.74) is 3.92. The summed E-state index contributed by atoms with van der Waals surface area (Å²) in [5, 5.41) is 5.42. The molecule has 144 valence electrons. The minimum Gasteiger partial charge on any atom is -0.326 e. The summed E-state index contributed by atoms with van der Waals surface area (Å²) in [4.78, 5) is 24.8. The highest BCUT2D eigenvalue weighted by Crippen LogP contribution is 2.32. The monoisotopic (exact) mass is 384 g/mol. The number of amides is 2. The van der Waals surface area contributed by atoms with Crippen molar-refractivity contribution in [2.24, 2.45) is 0 Å². The Hall–Kier alpha value is -2.27. The van der Waals surface area contributed by atoms with E-state index in [4.69, 9.17) is 0 Å². The molecule has 2 N–H and O–H groups in total. The van der Waals surface area contributed by atoms with Gasteiger partial charge in [-0.3, -0.25) is 9.59 Å². The Labute approximate surface area is 166 Å². The summed E-state index contributed by atoms with van der Waals surface area (Å²) < 4.78 is 0. The van der Waals surface area contributed by atoms with E-state index < -0.39 is 0 Å². The van der Waals surface area contributed by atoms with E-state index in [0.717, 1.165) is 4.90 Å². The van der Waals surface area contributed by atoms with Gasteiger partial charge in [0.05, 0.1) is 5.25 Å². The second kappa shape index (κ2) is 8.61. The maximum absolute atomic E-state index is 12.6. The van der Waals surface area contributed by atoms with Crippen molar-refractivity contribution in [3.05, 3.63) is 53.6 Å². The second-order valence-corrected chi connectivity index (χ2v) is 9.12. The Bertz CT molecular complexity index is 823. The van der Waals surface area contributed by atoms with Crippen molar-refractivity contribution in [1.29, 1.82) is 0 Å². The van der Waals surface area contributed by atoms with Gasteiger partial charge >= 0.3 is 0 Å². The fraction of sp³-hybridized carbons (Fsp3) is 0.364. The summed E-state index contributed by atoms with van der Waals surface area (Å²) in [6.45, 7) is 12.0. The molecule has 0 aliphatic carbocycles. The number of rotatable bonds is 5. The molecule has 4 nitrogen and oxygen atoms in total. The lowest BCUT2D eigenvalue weighted by Crippen LogP contribution is -2.22. The van der Waals surface area contributed by atoms with Gasteiger partial charge in [-0.1, -0.05) is 32.9 Å². The normalized spacial score (nSPS) is 12.4. The van der Waals surface area contributed by atoms with E-state index in [1.54, 1.807) is 36.0 Å². The predicted octanol–water partition coefficient (Wildman–Crippen LogP) is 5.37. The molecule has 5 heteroatoms. The lowest BCUT2D eigenvalue weighted by Gasteiger charge is -2.21. The molecule has 0 spiro atoms. The van der Waals surface area contributed by atoms with E-state index in [-0.39, 0.29) is 22.5 Å². The highest BCUT2D eigenvalue weighted by molar-refractivity contribution is 8.00. The molecular weight excluding hydrogens is 356 g/mol. The first-order chi connectivity index (χ1) is 12.6. The number of hydrogen-bond acceptors (Lipinski definition) is 3. The van der Waals surface area contributed by atoms with Crippen LogP contribution in [0.25, 0.3) is 0 Å². The van der Waals surface area contributed by atoms with Crippen LogP contribution in [0.3, 0.4) is 0 Å². The first kappa shape index (κ1) is 21.0. The SMILES string of the molecule is CC(=O)Nc1ccc(NC(=O)[C@@H](C)Sc2cc(C(C)(C)C)ccc2C)cc1. The molecule has 0 aliphatic rings. The zero-order valence-corrected chi connectivity index (χ0v) is 17.7. The zero-order chi connectivity index (χ0) is 20.2. The fourth-order valence-electron chi connectivity index (χ4n) is 2.52. The molecule has 2 aromatic carbocycles. The number of thioether (sulfide) groups is 1. The maximum Gasteiger partial charge on any atom is 0.237 e. The number of benzene rings is 2. The Morgan fingerprint density at radius 2 is 1.52 bits per heavy atom. The number of nitrogens with one attached hydrogen (secondary N) is 2. The van der Waals surface area contributed by atoms with Crippen LogP contribution in [0.5, 0.6) is 0 Å². The van der Waals surface area contributed by atoms with Gasteiger partial charge < -0.3 is 10.6 Å². The molecule has 0 saturated carbocycles. The van der Waals surface area contributed by atoms with Crippen LogP contribution in [0.4, 0.5) is 11.4 Å². The van der Waals surface area contributed by atoms with Gasteiger partial charge in [0.25, 0.3) is 0 Å². The Kier molecular flexibility index (Phi) is 6.71. The lowest BCUT2D eigenvalue weighted by molar-refractivity contribution is -0.115. The summed E-state index contributed by atoms with van der Waals surface area (Å²) in [6, 6.07) is 13.6.